The van der Waals surface area contributed by atoms with Crippen molar-refractivity contribution in [3.05, 3.63) is 49.2 Å². The lowest BCUT2D eigenvalue weighted by molar-refractivity contribution is -0.446. The molecular weight excluding hydrogens is 282 g/mol. The van der Waals surface area contributed by atoms with E-state index in [1.165, 1.54) is 6.20 Å². The van der Waals surface area contributed by atoms with Gasteiger partial charge in [0.25, 0.3) is 11.5 Å². The summed E-state index contributed by atoms with van der Waals surface area (Å²) in [7, 11) is 3.89. The van der Waals surface area contributed by atoms with E-state index in [4.69, 9.17) is 0 Å². The second-order valence-corrected chi connectivity index (χ2v) is 5.41. The number of nitrogens with one attached hydrogen (secondary N) is 2. The van der Waals surface area contributed by atoms with E-state index in [1.807, 2.05) is 36.6 Å². The molecule has 0 saturated heterocycles. The van der Waals surface area contributed by atoms with Crippen LogP contribution in [0.2, 0.25) is 0 Å². The van der Waals surface area contributed by atoms with E-state index in [2.05, 4.69) is 9.97 Å². The number of anilines is 2. The highest BCUT2D eigenvalue weighted by molar-refractivity contribution is 7.16. The summed E-state index contributed by atoms with van der Waals surface area (Å²) in [5.74, 6) is -0.177. The van der Waals surface area contributed by atoms with Gasteiger partial charge in [0.1, 0.15) is 0 Å². The molecule has 0 amide bonds. The van der Waals surface area contributed by atoms with Gasteiger partial charge in [-0.1, -0.05) is 5.43 Å². The third-order valence-electron chi connectivity index (χ3n) is 2.52. The van der Waals surface area contributed by atoms with E-state index in [9.17, 15) is 14.9 Å². The third kappa shape index (κ3) is 3.32. The van der Waals surface area contributed by atoms with Crippen LogP contribution in [0.3, 0.4) is 0 Å². The Labute approximate surface area is 118 Å². The van der Waals surface area contributed by atoms with Gasteiger partial charge in [0.05, 0.1) is 5.00 Å². The molecule has 8 nitrogen and oxygen atoms in total. The van der Waals surface area contributed by atoms with Gasteiger partial charge in [-0.25, -0.2) is 15.1 Å². The highest BCUT2D eigenvalue weighted by Crippen LogP contribution is 2.25. The zero-order valence-corrected chi connectivity index (χ0v) is 11.7. The molecule has 0 aliphatic rings. The molecule has 9 heteroatoms. The number of aromatic amines is 1. The first-order chi connectivity index (χ1) is 9.45. The van der Waals surface area contributed by atoms with E-state index in [1.54, 1.807) is 11.3 Å². The summed E-state index contributed by atoms with van der Waals surface area (Å²) in [4.78, 5) is 31.2. The van der Waals surface area contributed by atoms with Crippen LogP contribution in [0.15, 0.2) is 23.1 Å². The van der Waals surface area contributed by atoms with Gasteiger partial charge in [-0.3, -0.25) is 9.78 Å². The third-order valence-corrected chi connectivity index (χ3v) is 3.78. The molecule has 0 bridgehead atoms. The predicted octanol–water partition coefficient (Wildman–Crippen LogP) is 1.09. The second-order valence-electron chi connectivity index (χ2n) is 4.27. The molecule has 0 radical (unpaired) electrons. The number of aromatic nitrogens is 2. The number of nitrogens with zero attached hydrogens (tertiary/aromatic N) is 3. The lowest BCUT2D eigenvalue weighted by atomic mass is 10.2. The number of hydrogen-bond donors (Lipinski definition) is 2. The molecule has 0 aromatic carbocycles. The molecule has 0 atom stereocenters. The fourth-order valence-electron chi connectivity index (χ4n) is 1.58. The molecular formula is C11H13N5O3S. The van der Waals surface area contributed by atoms with Gasteiger partial charge in [0.15, 0.2) is 5.03 Å². The maximum Gasteiger partial charge on any atom is 0.265 e. The van der Waals surface area contributed by atoms with E-state index >= 15 is 0 Å². The van der Waals surface area contributed by atoms with Gasteiger partial charge < -0.3 is 4.90 Å². The van der Waals surface area contributed by atoms with Crippen molar-refractivity contribution in [2.75, 3.05) is 24.4 Å². The Balaban J connectivity index is 2.17. The van der Waals surface area contributed by atoms with Crippen molar-refractivity contribution < 1.29 is 5.03 Å². The average molecular weight is 295 g/mol. The van der Waals surface area contributed by atoms with Crippen LogP contribution in [0.4, 0.5) is 10.9 Å². The van der Waals surface area contributed by atoms with Crippen molar-refractivity contribution in [3.8, 4) is 0 Å². The first-order valence-corrected chi connectivity index (χ1v) is 6.52. The average Bonchev–Trinajstić information content (AvgIpc) is 2.80. The number of hydrazine groups is 1. The summed E-state index contributed by atoms with van der Waals surface area (Å²) >= 11 is 1.58. The Hall–Kier alpha value is -2.42. The van der Waals surface area contributed by atoms with Gasteiger partial charge in [-0.15, -0.1) is 11.3 Å². The van der Waals surface area contributed by atoms with Crippen molar-refractivity contribution in [2.24, 2.45) is 0 Å². The Morgan fingerprint density at radius 1 is 1.50 bits per heavy atom. The Morgan fingerprint density at radius 3 is 2.80 bits per heavy atom. The zero-order chi connectivity index (χ0) is 14.7. The molecule has 2 rings (SSSR count). The van der Waals surface area contributed by atoms with Crippen molar-refractivity contribution in [2.45, 2.75) is 6.42 Å². The van der Waals surface area contributed by atoms with Crippen LogP contribution in [0, 0.1) is 10.1 Å². The first-order valence-electron chi connectivity index (χ1n) is 5.71. The van der Waals surface area contributed by atoms with E-state index in [0.717, 1.165) is 9.88 Å². The number of hydrogen-bond acceptors (Lipinski definition) is 6. The molecule has 106 valence electrons. The lowest BCUT2D eigenvalue weighted by Gasteiger charge is -2.07. The maximum absolute atomic E-state index is 11.8. The standard InChI is InChI=1S/C11H13N5O3S/c1-15(2)9-4-3-8(20-9)5-7-6-12-11(13-10(7)17)14-16(18)19/h3-4,6H,5H2,1-2H3,(H2,12,13,14,17). The van der Waals surface area contributed by atoms with Gasteiger partial charge in [-0.05, 0) is 12.1 Å². The molecule has 0 aliphatic carbocycles. The summed E-state index contributed by atoms with van der Waals surface area (Å²) in [5, 5.41) is 10.6. The van der Waals surface area contributed by atoms with E-state index in [0.29, 0.717) is 12.0 Å². The van der Waals surface area contributed by atoms with Crippen molar-refractivity contribution in [1.82, 2.24) is 9.97 Å². The highest BCUT2D eigenvalue weighted by Gasteiger charge is 2.09. The molecule has 2 N–H and O–H groups in total. The fraction of sp³-hybridized carbons (Fsp3) is 0.273. The first kappa shape index (κ1) is 14.0. The summed E-state index contributed by atoms with van der Waals surface area (Å²) in [6.45, 7) is 0. The number of H-pyrrole nitrogens is 1. The minimum atomic E-state index is -0.777. The summed E-state index contributed by atoms with van der Waals surface area (Å²) in [6.07, 6.45) is 1.79. The van der Waals surface area contributed by atoms with Crippen LogP contribution in [0.25, 0.3) is 0 Å². The summed E-state index contributed by atoms with van der Waals surface area (Å²) in [5.41, 5.74) is 1.89. The molecule has 2 heterocycles. The molecule has 0 unspecified atom stereocenters. The zero-order valence-electron chi connectivity index (χ0n) is 10.9. The van der Waals surface area contributed by atoms with Crippen molar-refractivity contribution in [3.63, 3.8) is 0 Å². The highest BCUT2D eigenvalue weighted by atomic mass is 32.1. The smallest absolute Gasteiger partial charge is 0.265 e. The number of rotatable bonds is 5. The molecule has 0 fully saturated rings. The minimum Gasteiger partial charge on any atom is -0.370 e. The fourth-order valence-corrected chi connectivity index (χ4v) is 2.53. The molecule has 2 aromatic heterocycles. The number of nitro groups is 1. The molecule has 0 aliphatic heterocycles. The van der Waals surface area contributed by atoms with Crippen molar-refractivity contribution in [1.29, 1.82) is 0 Å². The van der Waals surface area contributed by atoms with Gasteiger partial charge >= 0.3 is 0 Å². The molecule has 20 heavy (non-hydrogen) atoms. The maximum atomic E-state index is 11.8. The monoisotopic (exact) mass is 295 g/mol. The van der Waals surface area contributed by atoms with Gasteiger partial charge in [0, 0.05) is 37.2 Å². The summed E-state index contributed by atoms with van der Waals surface area (Å²) < 4.78 is 0. The Kier molecular flexibility index (Phi) is 3.99. The van der Waals surface area contributed by atoms with Crippen molar-refractivity contribution >= 4 is 22.3 Å². The van der Waals surface area contributed by atoms with E-state index in [-0.39, 0.29) is 11.5 Å². The van der Waals surface area contributed by atoms with E-state index < -0.39 is 5.03 Å². The predicted molar refractivity (Wildman–Crippen MR) is 76.9 cm³/mol. The lowest BCUT2D eigenvalue weighted by Crippen LogP contribution is -2.19. The Bertz CT molecular complexity index is 679. The summed E-state index contributed by atoms with van der Waals surface area (Å²) in [6, 6.07) is 3.92. The molecule has 2 aromatic rings. The molecule has 0 spiro atoms. The Morgan fingerprint density at radius 2 is 2.25 bits per heavy atom. The van der Waals surface area contributed by atoms with Crippen LogP contribution in [0.1, 0.15) is 10.4 Å². The largest absolute Gasteiger partial charge is 0.370 e. The van der Waals surface area contributed by atoms with Crippen LogP contribution < -0.4 is 15.9 Å². The topological polar surface area (TPSA) is 104 Å². The molecule has 0 saturated carbocycles. The minimum absolute atomic E-state index is 0.177. The van der Waals surface area contributed by atoms with Crippen LogP contribution >= 0.6 is 11.3 Å². The SMILES string of the molecule is CN(C)c1ccc(Cc2cnc(N[N+](=O)[O-])[nH]c2=O)s1. The normalized spacial score (nSPS) is 10.3. The van der Waals surface area contributed by atoms with Crippen LogP contribution in [-0.4, -0.2) is 29.1 Å². The van der Waals surface area contributed by atoms with Crippen LogP contribution in [0.5, 0.6) is 0 Å². The van der Waals surface area contributed by atoms with Gasteiger partial charge in [-0.2, -0.15) is 0 Å². The quantitative estimate of drug-likeness (QED) is 0.632. The van der Waals surface area contributed by atoms with Crippen LogP contribution in [-0.2, 0) is 6.42 Å². The van der Waals surface area contributed by atoms with Gasteiger partial charge in [0.2, 0.25) is 0 Å². The second kappa shape index (κ2) is 5.70. The number of thiophene rings is 1.